The summed E-state index contributed by atoms with van der Waals surface area (Å²) in [6, 6.07) is 2.88. The minimum absolute atomic E-state index is 0.269. The molecule has 0 saturated carbocycles. The fourth-order valence-electron chi connectivity index (χ4n) is 2.73. The van der Waals surface area contributed by atoms with Gasteiger partial charge in [0, 0.05) is 24.7 Å². The first kappa shape index (κ1) is 12.6. The van der Waals surface area contributed by atoms with Crippen LogP contribution in [0.15, 0.2) is 23.0 Å². The number of rotatable bonds is 4. The summed E-state index contributed by atoms with van der Waals surface area (Å²) >= 11 is 0. The lowest BCUT2D eigenvalue weighted by Gasteiger charge is -2.39. The maximum absolute atomic E-state index is 5.91. The summed E-state index contributed by atoms with van der Waals surface area (Å²) in [5, 5.41) is 0. The van der Waals surface area contributed by atoms with Crippen LogP contribution < -0.4 is 5.73 Å². The molecule has 1 aromatic rings. The predicted octanol–water partition coefficient (Wildman–Crippen LogP) is 1.31. The van der Waals surface area contributed by atoms with Crippen molar-refractivity contribution in [1.29, 1.82) is 0 Å². The largest absolute Gasteiger partial charge is 0.472 e. The molecule has 0 aromatic carbocycles. The van der Waals surface area contributed by atoms with Crippen LogP contribution in [0.25, 0.3) is 0 Å². The van der Waals surface area contributed by atoms with E-state index in [1.54, 1.807) is 12.5 Å². The third kappa shape index (κ3) is 2.89. The van der Waals surface area contributed by atoms with E-state index in [0.717, 1.165) is 6.54 Å². The van der Waals surface area contributed by atoms with Crippen molar-refractivity contribution in [2.24, 2.45) is 5.73 Å². The van der Waals surface area contributed by atoms with Gasteiger partial charge >= 0.3 is 0 Å². The third-order valence-electron chi connectivity index (χ3n) is 3.82. The lowest BCUT2D eigenvalue weighted by Crippen LogP contribution is -2.47. The second-order valence-corrected chi connectivity index (χ2v) is 5.03. The molecule has 17 heavy (non-hydrogen) atoms. The van der Waals surface area contributed by atoms with Crippen LogP contribution in [0.2, 0.25) is 0 Å². The van der Waals surface area contributed by atoms with Gasteiger partial charge in [-0.2, -0.15) is 0 Å². The fourth-order valence-corrected chi connectivity index (χ4v) is 2.73. The van der Waals surface area contributed by atoms with Crippen molar-refractivity contribution in [2.45, 2.75) is 24.9 Å². The van der Waals surface area contributed by atoms with Crippen LogP contribution in [-0.2, 0) is 0 Å². The van der Waals surface area contributed by atoms with E-state index < -0.39 is 0 Å². The van der Waals surface area contributed by atoms with Gasteiger partial charge in [0.2, 0.25) is 0 Å². The number of likely N-dealkylation sites (N-methyl/N-ethyl adjacent to an activating group) is 2. The Hall–Kier alpha value is -0.840. The van der Waals surface area contributed by atoms with E-state index in [0.29, 0.717) is 12.6 Å². The molecule has 96 valence electrons. The van der Waals surface area contributed by atoms with E-state index in [2.05, 4.69) is 23.9 Å². The first-order valence-electron chi connectivity index (χ1n) is 6.35. The molecule has 0 aliphatic carbocycles. The molecule has 0 radical (unpaired) electrons. The smallest absolute Gasteiger partial charge is 0.0950 e. The first-order chi connectivity index (χ1) is 8.22. The molecule has 2 unspecified atom stereocenters. The molecule has 2 heterocycles. The molecule has 0 bridgehead atoms. The summed E-state index contributed by atoms with van der Waals surface area (Å²) in [5.41, 5.74) is 7.09. The zero-order chi connectivity index (χ0) is 12.3. The summed E-state index contributed by atoms with van der Waals surface area (Å²) in [6.45, 7) is 2.98. The van der Waals surface area contributed by atoms with E-state index in [9.17, 15) is 0 Å². The minimum Gasteiger partial charge on any atom is -0.472 e. The molecule has 1 aromatic heterocycles. The van der Waals surface area contributed by atoms with Gasteiger partial charge in [-0.25, -0.2) is 0 Å². The number of hydrogen-bond acceptors (Lipinski definition) is 4. The van der Waals surface area contributed by atoms with E-state index in [1.807, 2.05) is 6.07 Å². The summed E-state index contributed by atoms with van der Waals surface area (Å²) in [7, 11) is 4.36. The number of nitrogens with zero attached hydrogens (tertiary/aromatic N) is 2. The second kappa shape index (κ2) is 5.67. The summed E-state index contributed by atoms with van der Waals surface area (Å²) in [6.07, 6.45) is 6.06. The van der Waals surface area contributed by atoms with Crippen molar-refractivity contribution in [3.05, 3.63) is 24.2 Å². The quantitative estimate of drug-likeness (QED) is 0.857. The Labute approximate surface area is 103 Å². The predicted molar refractivity (Wildman–Crippen MR) is 68.8 cm³/mol. The Balaban J connectivity index is 2.04. The molecule has 1 fully saturated rings. The fraction of sp³-hybridized carbons (Fsp3) is 0.692. The molecule has 0 spiro atoms. The highest BCUT2D eigenvalue weighted by molar-refractivity contribution is 5.12. The van der Waals surface area contributed by atoms with Crippen molar-refractivity contribution in [3.8, 4) is 0 Å². The van der Waals surface area contributed by atoms with Crippen LogP contribution in [-0.4, -0.2) is 49.6 Å². The van der Waals surface area contributed by atoms with E-state index >= 15 is 0 Å². The Kier molecular flexibility index (Phi) is 4.20. The number of likely N-dealkylation sites (tertiary alicyclic amines) is 1. The maximum atomic E-state index is 5.91. The van der Waals surface area contributed by atoms with Crippen LogP contribution in [0.4, 0.5) is 0 Å². The summed E-state index contributed by atoms with van der Waals surface area (Å²) in [4.78, 5) is 4.80. The molecule has 2 N–H and O–H groups in total. The highest BCUT2D eigenvalue weighted by atomic mass is 16.3. The molecular weight excluding hydrogens is 214 g/mol. The van der Waals surface area contributed by atoms with Crippen LogP contribution >= 0.6 is 0 Å². The minimum atomic E-state index is 0.269. The highest BCUT2D eigenvalue weighted by Crippen LogP contribution is 2.24. The van der Waals surface area contributed by atoms with Gasteiger partial charge in [-0.15, -0.1) is 0 Å². The normalized spacial score (nSPS) is 24.1. The van der Waals surface area contributed by atoms with Crippen LogP contribution in [0.5, 0.6) is 0 Å². The summed E-state index contributed by atoms with van der Waals surface area (Å²) in [5.74, 6) is 0. The van der Waals surface area contributed by atoms with Gasteiger partial charge in [-0.1, -0.05) is 0 Å². The van der Waals surface area contributed by atoms with Gasteiger partial charge in [-0.05, 0) is 39.5 Å². The molecule has 4 nitrogen and oxygen atoms in total. The van der Waals surface area contributed by atoms with Crippen molar-refractivity contribution in [3.63, 3.8) is 0 Å². The van der Waals surface area contributed by atoms with Gasteiger partial charge in [0.15, 0.2) is 0 Å². The van der Waals surface area contributed by atoms with Gasteiger partial charge in [0.25, 0.3) is 0 Å². The van der Waals surface area contributed by atoms with Gasteiger partial charge in [0.1, 0.15) is 0 Å². The van der Waals surface area contributed by atoms with Crippen molar-refractivity contribution < 1.29 is 4.42 Å². The monoisotopic (exact) mass is 237 g/mol. The zero-order valence-corrected chi connectivity index (χ0v) is 10.8. The van der Waals surface area contributed by atoms with Crippen molar-refractivity contribution in [2.75, 3.05) is 33.7 Å². The van der Waals surface area contributed by atoms with Gasteiger partial charge in [-0.3, -0.25) is 4.90 Å². The Morgan fingerprint density at radius 2 is 2.47 bits per heavy atom. The van der Waals surface area contributed by atoms with Crippen LogP contribution in [0.3, 0.4) is 0 Å². The van der Waals surface area contributed by atoms with Crippen molar-refractivity contribution in [1.82, 2.24) is 9.80 Å². The van der Waals surface area contributed by atoms with E-state index in [4.69, 9.17) is 10.2 Å². The average molecular weight is 237 g/mol. The standard InChI is InChI=1S/C13H23N3O/c1-15-6-3-4-12(9-15)16(2)13(8-14)11-5-7-17-10-11/h5,7,10,12-13H,3-4,6,8-9,14H2,1-2H3. The van der Waals surface area contributed by atoms with Gasteiger partial charge in [0.05, 0.1) is 18.6 Å². The van der Waals surface area contributed by atoms with Crippen LogP contribution in [0.1, 0.15) is 24.4 Å². The van der Waals surface area contributed by atoms with Crippen molar-refractivity contribution >= 4 is 0 Å². The van der Waals surface area contributed by atoms with Crippen LogP contribution in [0, 0.1) is 0 Å². The highest BCUT2D eigenvalue weighted by Gasteiger charge is 2.26. The van der Waals surface area contributed by atoms with E-state index in [-0.39, 0.29) is 6.04 Å². The molecule has 2 atom stereocenters. The summed E-state index contributed by atoms with van der Waals surface area (Å²) < 4.78 is 5.16. The third-order valence-corrected chi connectivity index (χ3v) is 3.82. The topological polar surface area (TPSA) is 45.6 Å². The number of hydrogen-bond donors (Lipinski definition) is 1. The lowest BCUT2D eigenvalue weighted by molar-refractivity contribution is 0.101. The lowest BCUT2D eigenvalue weighted by atomic mass is 10.0. The second-order valence-electron chi connectivity index (χ2n) is 5.03. The Morgan fingerprint density at radius 1 is 1.65 bits per heavy atom. The molecule has 1 saturated heterocycles. The molecule has 4 heteroatoms. The molecule has 2 rings (SSSR count). The SMILES string of the molecule is CN1CCCC(N(C)C(CN)c2ccoc2)C1. The number of piperidine rings is 1. The maximum Gasteiger partial charge on any atom is 0.0950 e. The number of furan rings is 1. The molecule has 1 aliphatic heterocycles. The molecule has 1 aliphatic rings. The van der Waals surface area contributed by atoms with E-state index in [1.165, 1.54) is 24.9 Å². The Bertz CT molecular complexity index is 325. The average Bonchev–Trinajstić information content (AvgIpc) is 2.83. The Morgan fingerprint density at radius 3 is 3.06 bits per heavy atom. The molecular formula is C13H23N3O. The van der Waals surface area contributed by atoms with Gasteiger partial charge < -0.3 is 15.1 Å². The first-order valence-corrected chi connectivity index (χ1v) is 6.35. The number of nitrogens with two attached hydrogens (primary N) is 1. The molecule has 0 amide bonds. The zero-order valence-electron chi connectivity index (χ0n) is 10.8.